The van der Waals surface area contributed by atoms with Gasteiger partial charge in [0.15, 0.2) is 0 Å². The van der Waals surface area contributed by atoms with Crippen molar-refractivity contribution in [3.05, 3.63) is 35.4 Å². The van der Waals surface area contributed by atoms with E-state index in [1.54, 1.807) is 0 Å². The summed E-state index contributed by atoms with van der Waals surface area (Å²) in [6.45, 7) is 6.23. The van der Waals surface area contributed by atoms with E-state index < -0.39 is 0 Å². The minimum atomic E-state index is 0.0337. The maximum atomic E-state index is 11.8. The van der Waals surface area contributed by atoms with Crippen LogP contribution in [0.4, 0.5) is 0 Å². The molecule has 1 aromatic rings. The number of hydrogen-bond donors (Lipinski definition) is 1. The van der Waals surface area contributed by atoms with Crippen LogP contribution in [0.2, 0.25) is 0 Å². The smallest absolute Gasteiger partial charge is 0.251 e. The molecule has 19 heavy (non-hydrogen) atoms. The van der Waals surface area contributed by atoms with Crippen molar-refractivity contribution in [2.45, 2.75) is 39.2 Å². The maximum absolute atomic E-state index is 11.8. The fourth-order valence-corrected chi connectivity index (χ4v) is 2.48. The van der Waals surface area contributed by atoms with Crippen molar-refractivity contribution in [1.82, 2.24) is 10.2 Å². The Bertz CT molecular complexity index is 394. The van der Waals surface area contributed by atoms with Gasteiger partial charge in [0, 0.05) is 18.7 Å². The molecule has 2 rings (SSSR count). The van der Waals surface area contributed by atoms with E-state index in [0.29, 0.717) is 0 Å². The Hall–Kier alpha value is -1.35. The molecule has 1 amide bonds. The molecular formula is C16H24N2O. The first kappa shape index (κ1) is 14.1. The number of likely N-dealkylation sites (tertiary alicyclic amines) is 1. The van der Waals surface area contributed by atoms with Gasteiger partial charge in [0.05, 0.1) is 0 Å². The minimum absolute atomic E-state index is 0.0337. The van der Waals surface area contributed by atoms with Crippen LogP contribution >= 0.6 is 0 Å². The molecule has 0 bridgehead atoms. The van der Waals surface area contributed by atoms with E-state index in [-0.39, 0.29) is 5.91 Å². The second-order valence-electron chi connectivity index (χ2n) is 5.29. The predicted molar refractivity (Wildman–Crippen MR) is 78.2 cm³/mol. The lowest BCUT2D eigenvalue weighted by Gasteiger charge is -2.26. The Labute approximate surface area is 116 Å². The van der Waals surface area contributed by atoms with Crippen molar-refractivity contribution in [2.75, 3.05) is 19.6 Å². The number of carbonyl (C=O) groups is 1. The van der Waals surface area contributed by atoms with Crippen molar-refractivity contribution in [3.63, 3.8) is 0 Å². The normalized spacial score (nSPS) is 16.3. The van der Waals surface area contributed by atoms with Gasteiger partial charge in [-0.1, -0.05) is 25.5 Å². The average molecular weight is 260 g/mol. The summed E-state index contributed by atoms with van der Waals surface area (Å²) in [5.74, 6) is 0.0337. The van der Waals surface area contributed by atoms with E-state index in [0.717, 1.165) is 25.1 Å². The van der Waals surface area contributed by atoms with Gasteiger partial charge < -0.3 is 5.32 Å². The third kappa shape index (κ3) is 4.35. The van der Waals surface area contributed by atoms with E-state index in [1.807, 2.05) is 12.1 Å². The number of hydrogen-bond acceptors (Lipinski definition) is 2. The van der Waals surface area contributed by atoms with Gasteiger partial charge in [-0.05, 0) is 50.0 Å². The zero-order valence-corrected chi connectivity index (χ0v) is 11.8. The highest BCUT2D eigenvalue weighted by Crippen LogP contribution is 2.13. The molecule has 1 fully saturated rings. The largest absolute Gasteiger partial charge is 0.352 e. The lowest BCUT2D eigenvalue weighted by atomic mass is 10.1. The van der Waals surface area contributed by atoms with E-state index in [4.69, 9.17) is 0 Å². The quantitative estimate of drug-likeness (QED) is 0.883. The number of nitrogens with zero attached hydrogens (tertiary/aromatic N) is 1. The summed E-state index contributed by atoms with van der Waals surface area (Å²) in [4.78, 5) is 14.3. The summed E-state index contributed by atoms with van der Waals surface area (Å²) in [5.41, 5.74) is 2.06. The van der Waals surface area contributed by atoms with Crippen LogP contribution in [0.25, 0.3) is 0 Å². The van der Waals surface area contributed by atoms with Gasteiger partial charge in [-0.25, -0.2) is 0 Å². The van der Waals surface area contributed by atoms with Crippen LogP contribution in [0.3, 0.4) is 0 Å². The molecule has 1 N–H and O–H groups in total. The first-order valence-corrected chi connectivity index (χ1v) is 7.39. The summed E-state index contributed by atoms with van der Waals surface area (Å²) in [6, 6.07) is 8.03. The van der Waals surface area contributed by atoms with E-state index in [1.165, 1.54) is 37.9 Å². The van der Waals surface area contributed by atoms with Gasteiger partial charge in [-0.15, -0.1) is 0 Å². The molecular weight excluding hydrogens is 236 g/mol. The molecule has 0 spiro atoms. The van der Waals surface area contributed by atoms with Crippen LogP contribution in [0, 0.1) is 0 Å². The first-order chi connectivity index (χ1) is 9.29. The highest BCUT2D eigenvalue weighted by Gasteiger charge is 2.10. The van der Waals surface area contributed by atoms with E-state index in [2.05, 4.69) is 29.3 Å². The molecule has 104 valence electrons. The van der Waals surface area contributed by atoms with Crippen LogP contribution in [-0.2, 0) is 6.54 Å². The summed E-state index contributed by atoms with van der Waals surface area (Å²) < 4.78 is 0. The fourth-order valence-electron chi connectivity index (χ4n) is 2.48. The van der Waals surface area contributed by atoms with Crippen LogP contribution in [0.5, 0.6) is 0 Å². The molecule has 0 radical (unpaired) electrons. The zero-order valence-electron chi connectivity index (χ0n) is 11.8. The lowest BCUT2D eigenvalue weighted by Crippen LogP contribution is -2.29. The molecule has 0 atom stereocenters. The van der Waals surface area contributed by atoms with Crippen molar-refractivity contribution in [2.24, 2.45) is 0 Å². The number of amides is 1. The molecule has 1 aromatic carbocycles. The molecule has 0 unspecified atom stereocenters. The van der Waals surface area contributed by atoms with Crippen LogP contribution in [-0.4, -0.2) is 30.4 Å². The summed E-state index contributed by atoms with van der Waals surface area (Å²) in [5, 5.41) is 2.90. The monoisotopic (exact) mass is 260 g/mol. The molecule has 3 nitrogen and oxygen atoms in total. The van der Waals surface area contributed by atoms with Crippen LogP contribution in [0.1, 0.15) is 48.5 Å². The molecule has 1 heterocycles. The number of rotatable bonds is 5. The Morgan fingerprint density at radius 3 is 2.47 bits per heavy atom. The Morgan fingerprint density at radius 1 is 1.16 bits per heavy atom. The van der Waals surface area contributed by atoms with Gasteiger partial charge >= 0.3 is 0 Å². The summed E-state index contributed by atoms with van der Waals surface area (Å²) in [6.07, 6.45) is 4.97. The number of nitrogens with one attached hydrogen (secondary N) is 1. The van der Waals surface area contributed by atoms with Gasteiger partial charge in [0.25, 0.3) is 5.91 Å². The second kappa shape index (κ2) is 7.29. The fraction of sp³-hybridized carbons (Fsp3) is 0.562. The van der Waals surface area contributed by atoms with Gasteiger partial charge in [-0.3, -0.25) is 9.69 Å². The molecule has 0 aromatic heterocycles. The van der Waals surface area contributed by atoms with Crippen molar-refractivity contribution in [1.29, 1.82) is 0 Å². The highest BCUT2D eigenvalue weighted by atomic mass is 16.1. The third-order valence-corrected chi connectivity index (χ3v) is 3.61. The predicted octanol–water partition coefficient (Wildman–Crippen LogP) is 2.81. The topological polar surface area (TPSA) is 32.3 Å². The Kier molecular flexibility index (Phi) is 5.40. The number of benzene rings is 1. The van der Waals surface area contributed by atoms with E-state index in [9.17, 15) is 4.79 Å². The number of carbonyl (C=O) groups excluding carboxylic acids is 1. The molecule has 1 aliphatic heterocycles. The SMILES string of the molecule is CCCNC(=O)c1ccc(CN2CCCCC2)cc1. The summed E-state index contributed by atoms with van der Waals surface area (Å²) >= 11 is 0. The first-order valence-electron chi connectivity index (χ1n) is 7.39. The average Bonchev–Trinajstić information content (AvgIpc) is 2.46. The molecule has 1 aliphatic rings. The standard InChI is InChI=1S/C16H24N2O/c1-2-10-17-16(19)15-8-6-14(7-9-15)13-18-11-4-3-5-12-18/h6-9H,2-5,10-13H2,1H3,(H,17,19). The number of piperidine rings is 1. The molecule has 1 saturated heterocycles. The molecule has 0 aliphatic carbocycles. The maximum Gasteiger partial charge on any atom is 0.251 e. The second-order valence-corrected chi connectivity index (χ2v) is 5.29. The van der Waals surface area contributed by atoms with Crippen molar-refractivity contribution in [3.8, 4) is 0 Å². The third-order valence-electron chi connectivity index (χ3n) is 3.61. The van der Waals surface area contributed by atoms with Crippen molar-refractivity contribution < 1.29 is 4.79 Å². The van der Waals surface area contributed by atoms with Crippen LogP contribution < -0.4 is 5.32 Å². The van der Waals surface area contributed by atoms with E-state index >= 15 is 0 Å². The van der Waals surface area contributed by atoms with Crippen molar-refractivity contribution >= 4 is 5.91 Å². The highest BCUT2D eigenvalue weighted by molar-refractivity contribution is 5.94. The Balaban J connectivity index is 1.88. The molecule has 0 saturated carbocycles. The van der Waals surface area contributed by atoms with Crippen LogP contribution in [0.15, 0.2) is 24.3 Å². The zero-order chi connectivity index (χ0) is 13.5. The summed E-state index contributed by atoms with van der Waals surface area (Å²) in [7, 11) is 0. The lowest BCUT2D eigenvalue weighted by molar-refractivity contribution is 0.0953. The van der Waals surface area contributed by atoms with Gasteiger partial charge in [0.2, 0.25) is 0 Å². The van der Waals surface area contributed by atoms with Gasteiger partial charge in [-0.2, -0.15) is 0 Å². The Morgan fingerprint density at radius 2 is 1.84 bits per heavy atom. The minimum Gasteiger partial charge on any atom is -0.352 e. The van der Waals surface area contributed by atoms with Gasteiger partial charge in [0.1, 0.15) is 0 Å². The molecule has 3 heteroatoms.